The second-order valence-corrected chi connectivity index (χ2v) is 15.3. The van der Waals surface area contributed by atoms with Crippen molar-refractivity contribution in [1.29, 1.82) is 10.8 Å². The highest BCUT2D eigenvalue weighted by Crippen LogP contribution is 2.26. The van der Waals surface area contributed by atoms with Crippen LogP contribution in [0.4, 0.5) is 0 Å². The van der Waals surface area contributed by atoms with Crippen molar-refractivity contribution in [2.24, 2.45) is 11.5 Å². The normalized spacial score (nSPS) is 11.4. The van der Waals surface area contributed by atoms with Gasteiger partial charge in [0.15, 0.2) is 31.6 Å². The molecule has 0 bridgehead atoms. The molecule has 0 saturated heterocycles. The van der Waals surface area contributed by atoms with Crippen molar-refractivity contribution in [2.45, 2.75) is 49.3 Å². The van der Waals surface area contributed by atoms with E-state index in [4.69, 9.17) is 26.8 Å². The summed E-state index contributed by atoms with van der Waals surface area (Å²) in [5.41, 5.74) is 11.7. The van der Waals surface area contributed by atoms with Gasteiger partial charge in [-0.05, 0) is 47.2 Å². The summed E-state index contributed by atoms with van der Waals surface area (Å²) in [4.78, 5) is 23.6. The highest BCUT2D eigenvalue weighted by Gasteiger charge is 2.20. The Morgan fingerprint density at radius 1 is 0.674 bits per heavy atom. The maximum absolute atomic E-state index is 11.8. The molecule has 0 saturated carbocycles. The molecule has 43 heavy (non-hydrogen) atoms. The number of carbonyl (C=O) groups excluding carboxylic acids is 2. The van der Waals surface area contributed by atoms with Crippen LogP contribution in [0.5, 0.6) is 0 Å². The Hall–Kier alpha value is -3.87. The third-order valence-electron chi connectivity index (χ3n) is 5.09. The monoisotopic (exact) mass is 662 g/mol. The lowest BCUT2D eigenvalue weighted by Crippen LogP contribution is -2.35. The van der Waals surface area contributed by atoms with Gasteiger partial charge in [0.2, 0.25) is 0 Å². The lowest BCUT2D eigenvalue weighted by atomic mass is 10.0. The van der Waals surface area contributed by atoms with Crippen molar-refractivity contribution in [3.05, 3.63) is 58.7 Å². The second-order valence-electron chi connectivity index (χ2n) is 9.83. The number of hydrogen-bond donors (Lipinski definition) is 7. The summed E-state index contributed by atoms with van der Waals surface area (Å²) in [6.45, 7) is 7.50. The third-order valence-corrected chi connectivity index (χ3v) is 7.40. The van der Waals surface area contributed by atoms with E-state index in [1.807, 2.05) is 27.7 Å². The lowest BCUT2D eigenvalue weighted by molar-refractivity contribution is 0.0967. The molecule has 0 fully saturated rings. The maximum Gasteiger partial charge on any atom is 0.261 e. The molecule has 9 N–H and O–H groups in total. The summed E-state index contributed by atoms with van der Waals surface area (Å²) in [5.74, 6) is -2.14. The molecule has 0 aliphatic heterocycles. The number of guanidine groups is 2. The Morgan fingerprint density at radius 2 is 0.930 bits per heavy atom. The fourth-order valence-corrected chi connectivity index (χ4v) is 5.48. The van der Waals surface area contributed by atoms with Gasteiger partial charge in [0.25, 0.3) is 21.9 Å². The van der Waals surface area contributed by atoms with Gasteiger partial charge < -0.3 is 11.5 Å². The van der Waals surface area contributed by atoms with Crippen molar-refractivity contribution in [2.75, 3.05) is 18.8 Å². The van der Waals surface area contributed by atoms with Crippen molar-refractivity contribution >= 4 is 53.5 Å². The topological polar surface area (TPSA) is 281 Å². The van der Waals surface area contributed by atoms with E-state index in [0.29, 0.717) is 17.4 Å². The van der Waals surface area contributed by atoms with Crippen LogP contribution in [0.1, 0.15) is 71.4 Å². The molecule has 15 nitrogen and oxygen atoms in total. The summed E-state index contributed by atoms with van der Waals surface area (Å²) in [6, 6.07) is 8.86. The summed E-state index contributed by atoms with van der Waals surface area (Å²) in [5, 5.41) is 18.2. The van der Waals surface area contributed by atoms with Crippen LogP contribution in [-0.2, 0) is 29.8 Å². The van der Waals surface area contributed by atoms with E-state index in [2.05, 4.69) is 10.6 Å². The molecule has 0 unspecified atom stereocenters. The zero-order chi connectivity index (χ0) is 34.1. The number of rotatable bonds is 6. The van der Waals surface area contributed by atoms with E-state index in [0.717, 1.165) is 12.5 Å². The predicted molar refractivity (Wildman–Crippen MR) is 164 cm³/mol. The summed E-state index contributed by atoms with van der Waals surface area (Å²) in [6.07, 6.45) is 2.91. The van der Waals surface area contributed by atoms with E-state index >= 15 is 0 Å². The summed E-state index contributed by atoms with van der Waals surface area (Å²) < 4.78 is 72.9. The van der Waals surface area contributed by atoms with Gasteiger partial charge in [0.1, 0.15) is 0 Å². The van der Waals surface area contributed by atoms with Gasteiger partial charge >= 0.3 is 0 Å². The molecule has 0 heterocycles. The minimum absolute atomic E-state index is 0.0228. The molecule has 0 spiro atoms. The standard InChI is InChI=1S/2C12H17N3O3S.CH4O3S/c2*1-7(2)9-5-4-8(11(16)15-12(13)14)6-10(9)19(3,17)18;1-5(2,3)4/h2*4-7H,1-3H3,(H4,13,14,15,16);1H3,(H,2,3,4). The van der Waals surface area contributed by atoms with Gasteiger partial charge in [-0.15, -0.1) is 0 Å². The SMILES string of the molecule is CC(C)c1ccc(C(=O)NC(=N)N)cc1S(C)(=O)=O.CC(C)c1ccc(C(=O)NC(=N)N)cc1S(C)(=O)=O.CS(=O)(=O)O. The molecule has 0 radical (unpaired) electrons. The largest absolute Gasteiger partial charge is 0.370 e. The number of nitrogens with two attached hydrogens (primary N) is 2. The predicted octanol–water partition coefficient (Wildman–Crippen LogP) is 1.18. The molecule has 18 heteroatoms. The van der Waals surface area contributed by atoms with E-state index in [9.17, 15) is 34.8 Å². The first-order valence-electron chi connectivity index (χ1n) is 12.2. The first-order chi connectivity index (χ1) is 19.2. The molecule has 2 aromatic rings. The van der Waals surface area contributed by atoms with Crippen LogP contribution in [-0.4, -0.2) is 72.3 Å². The van der Waals surface area contributed by atoms with Crippen molar-refractivity contribution in [3.63, 3.8) is 0 Å². The third kappa shape index (κ3) is 14.7. The van der Waals surface area contributed by atoms with Gasteiger partial charge in [-0.25, -0.2) is 16.8 Å². The van der Waals surface area contributed by atoms with E-state index in [1.54, 1.807) is 12.1 Å². The highest BCUT2D eigenvalue weighted by atomic mass is 32.2. The average Bonchev–Trinajstić information content (AvgIpc) is 2.80. The first-order valence-corrected chi connectivity index (χ1v) is 17.8. The van der Waals surface area contributed by atoms with E-state index in [1.165, 1.54) is 24.3 Å². The van der Waals surface area contributed by atoms with Gasteiger partial charge in [-0.2, -0.15) is 8.42 Å². The minimum atomic E-state index is -3.67. The highest BCUT2D eigenvalue weighted by molar-refractivity contribution is 7.91. The van der Waals surface area contributed by atoms with Crippen LogP contribution in [0.25, 0.3) is 0 Å². The molecule has 0 aliphatic carbocycles. The van der Waals surface area contributed by atoms with E-state index < -0.39 is 53.5 Å². The Morgan fingerprint density at radius 3 is 1.12 bits per heavy atom. The molecular formula is C25H38N6O9S3. The molecule has 0 atom stereocenters. The fourth-order valence-electron chi connectivity index (χ4n) is 3.34. The van der Waals surface area contributed by atoms with Gasteiger partial charge in [0.05, 0.1) is 16.0 Å². The minimum Gasteiger partial charge on any atom is -0.370 e. The van der Waals surface area contributed by atoms with Crippen molar-refractivity contribution in [1.82, 2.24) is 10.6 Å². The van der Waals surface area contributed by atoms with Crippen LogP contribution < -0.4 is 22.1 Å². The van der Waals surface area contributed by atoms with Crippen LogP contribution >= 0.6 is 0 Å². The number of carbonyl (C=O) groups is 2. The van der Waals surface area contributed by atoms with E-state index in [-0.39, 0.29) is 32.8 Å². The fraction of sp³-hybridized carbons (Fsp3) is 0.360. The van der Waals surface area contributed by atoms with Crippen LogP contribution in [0.3, 0.4) is 0 Å². The van der Waals surface area contributed by atoms with Gasteiger partial charge in [0, 0.05) is 23.6 Å². The quantitative estimate of drug-likeness (QED) is 0.131. The Kier molecular flexibility index (Phi) is 14.2. The molecule has 0 aliphatic rings. The summed E-state index contributed by atoms with van der Waals surface area (Å²) >= 11 is 0. The van der Waals surface area contributed by atoms with Gasteiger partial charge in [-0.1, -0.05) is 39.8 Å². The number of amides is 2. The zero-order valence-electron chi connectivity index (χ0n) is 24.7. The van der Waals surface area contributed by atoms with Crippen LogP contribution in [0, 0.1) is 10.8 Å². The molecule has 2 rings (SSSR count). The zero-order valence-corrected chi connectivity index (χ0v) is 27.2. The first kappa shape index (κ1) is 39.1. The summed E-state index contributed by atoms with van der Waals surface area (Å²) in [7, 11) is -10.5. The van der Waals surface area contributed by atoms with Crippen LogP contribution in [0.15, 0.2) is 46.2 Å². The lowest BCUT2D eigenvalue weighted by Gasteiger charge is -2.13. The number of sulfone groups is 2. The molecule has 2 amide bonds. The molecule has 0 aromatic heterocycles. The number of benzene rings is 2. The maximum atomic E-state index is 11.8. The van der Waals surface area contributed by atoms with Crippen LogP contribution in [0.2, 0.25) is 0 Å². The molecular weight excluding hydrogens is 625 g/mol. The smallest absolute Gasteiger partial charge is 0.261 e. The van der Waals surface area contributed by atoms with Gasteiger partial charge in [-0.3, -0.25) is 35.6 Å². The Bertz CT molecular complexity index is 1580. The Labute approximate surface area is 252 Å². The second kappa shape index (κ2) is 15.6. The van der Waals surface area contributed by atoms with Crippen molar-refractivity contribution < 1.29 is 39.4 Å². The number of hydrogen-bond acceptors (Lipinski definition) is 10. The molecule has 2 aromatic carbocycles. The number of nitrogens with one attached hydrogen (secondary N) is 4. The Balaban J connectivity index is 0.000000709. The average molecular weight is 663 g/mol. The molecule has 240 valence electrons. The van der Waals surface area contributed by atoms with Crippen molar-refractivity contribution in [3.8, 4) is 0 Å².